The van der Waals surface area contributed by atoms with E-state index in [1.807, 2.05) is 39.0 Å². The molecule has 1 unspecified atom stereocenters. The molecule has 1 N–H and O–H groups in total. The summed E-state index contributed by atoms with van der Waals surface area (Å²) in [6, 6.07) is 10.7. The van der Waals surface area contributed by atoms with Gasteiger partial charge in [-0.15, -0.1) is 11.3 Å². The third kappa shape index (κ3) is 6.87. The van der Waals surface area contributed by atoms with E-state index in [0.717, 1.165) is 53.1 Å². The molecule has 0 spiro atoms. The first-order valence-corrected chi connectivity index (χ1v) is 12.8. The van der Waals surface area contributed by atoms with Crippen molar-refractivity contribution in [2.45, 2.75) is 72.6 Å². The molecule has 0 bridgehead atoms. The zero-order chi connectivity index (χ0) is 26.5. The number of carboxylic acid groups (broad SMARTS) is 1. The molecule has 0 fully saturated rings. The van der Waals surface area contributed by atoms with Gasteiger partial charge in [-0.2, -0.15) is 13.2 Å². The molecule has 194 valence electrons. The second-order valence-electron chi connectivity index (χ2n) is 9.48. The largest absolute Gasteiger partial charge is 0.488 e. The number of carboxylic acids is 1. The minimum atomic E-state index is -4.37. The first-order valence-electron chi connectivity index (χ1n) is 12.0. The van der Waals surface area contributed by atoms with Gasteiger partial charge in [0.25, 0.3) is 0 Å². The number of unbranched alkanes of at least 4 members (excludes halogenated alkanes) is 2. The number of hydrogen-bond donors (Lipinski definition) is 1. The fraction of sp³-hybridized carbons (Fsp3) is 0.429. The smallest absolute Gasteiger partial charge is 0.416 e. The predicted molar refractivity (Wildman–Crippen MR) is 136 cm³/mol. The number of carbonyl (C=O) groups is 1. The minimum Gasteiger partial charge on any atom is -0.488 e. The quantitative estimate of drug-likeness (QED) is 0.259. The van der Waals surface area contributed by atoms with E-state index in [0.29, 0.717) is 29.2 Å². The lowest BCUT2D eigenvalue weighted by atomic mass is 9.78. The van der Waals surface area contributed by atoms with Crippen LogP contribution in [0.15, 0.2) is 42.5 Å². The van der Waals surface area contributed by atoms with E-state index < -0.39 is 23.1 Å². The number of hydrogen-bond acceptors (Lipinski definition) is 4. The van der Waals surface area contributed by atoms with Crippen LogP contribution in [0.5, 0.6) is 5.75 Å². The monoisotopic (exact) mass is 519 g/mol. The molecular formula is C28H32F3NO3S. The molecule has 0 aliphatic rings. The third-order valence-corrected chi connectivity index (χ3v) is 7.64. The van der Waals surface area contributed by atoms with Crippen LogP contribution >= 0.6 is 11.3 Å². The van der Waals surface area contributed by atoms with Gasteiger partial charge in [-0.25, -0.2) is 4.98 Å². The van der Waals surface area contributed by atoms with E-state index in [2.05, 4.69) is 11.9 Å². The van der Waals surface area contributed by atoms with Crippen LogP contribution in [-0.4, -0.2) is 16.1 Å². The summed E-state index contributed by atoms with van der Waals surface area (Å²) in [4.78, 5) is 17.4. The van der Waals surface area contributed by atoms with E-state index in [4.69, 9.17) is 4.74 Å². The summed E-state index contributed by atoms with van der Waals surface area (Å²) in [5.74, 6) is -0.106. The molecule has 0 saturated carbocycles. The molecule has 0 aliphatic heterocycles. The second kappa shape index (κ2) is 11.5. The molecule has 0 amide bonds. The van der Waals surface area contributed by atoms with Crippen molar-refractivity contribution in [3.63, 3.8) is 0 Å². The zero-order valence-electron chi connectivity index (χ0n) is 21.0. The van der Waals surface area contributed by atoms with E-state index in [1.165, 1.54) is 23.5 Å². The number of ether oxygens (including phenoxy) is 1. The Bertz CT molecular complexity index is 1190. The van der Waals surface area contributed by atoms with Crippen LogP contribution in [0.2, 0.25) is 0 Å². The third-order valence-electron chi connectivity index (χ3n) is 6.46. The van der Waals surface area contributed by atoms with Crippen LogP contribution in [0, 0.1) is 19.3 Å². The highest BCUT2D eigenvalue weighted by molar-refractivity contribution is 7.15. The summed E-state index contributed by atoms with van der Waals surface area (Å²) in [7, 11) is 0. The maximum absolute atomic E-state index is 12.8. The Balaban J connectivity index is 1.67. The van der Waals surface area contributed by atoms with E-state index in [1.54, 1.807) is 0 Å². The van der Waals surface area contributed by atoms with E-state index in [-0.39, 0.29) is 6.61 Å². The summed E-state index contributed by atoms with van der Waals surface area (Å²) in [5.41, 5.74) is 1.86. The maximum atomic E-state index is 12.8. The summed E-state index contributed by atoms with van der Waals surface area (Å²) in [6.45, 7) is 8.01. The summed E-state index contributed by atoms with van der Waals surface area (Å²) < 4.78 is 44.5. The Hall–Kier alpha value is -2.87. The number of aromatic nitrogens is 1. The molecule has 1 atom stereocenters. The number of thiazole rings is 1. The van der Waals surface area contributed by atoms with Gasteiger partial charge in [0.15, 0.2) is 0 Å². The molecule has 8 heteroatoms. The van der Waals surface area contributed by atoms with Crippen molar-refractivity contribution in [1.82, 2.24) is 4.98 Å². The number of aryl methyl sites for hydroxylation is 2. The van der Waals surface area contributed by atoms with Crippen molar-refractivity contribution in [3.05, 3.63) is 69.7 Å². The first-order chi connectivity index (χ1) is 16.9. The van der Waals surface area contributed by atoms with Crippen LogP contribution in [0.4, 0.5) is 13.2 Å². The summed E-state index contributed by atoms with van der Waals surface area (Å²) in [6.07, 6.45) is -0.312. The van der Waals surface area contributed by atoms with Crippen molar-refractivity contribution >= 4 is 17.3 Å². The number of benzene rings is 2. The van der Waals surface area contributed by atoms with Gasteiger partial charge in [-0.3, -0.25) is 4.79 Å². The SMILES string of the molecule is CCCCCC(C)(Cc1ccc(OCc2sc(-c3ccc(C(F)(F)F)cc3)nc2C)cc1C)C(=O)O. The molecule has 0 aliphatic carbocycles. The molecule has 4 nitrogen and oxygen atoms in total. The second-order valence-corrected chi connectivity index (χ2v) is 10.6. The molecular weight excluding hydrogens is 487 g/mol. The van der Waals surface area contributed by atoms with Crippen LogP contribution < -0.4 is 4.74 Å². The van der Waals surface area contributed by atoms with Gasteiger partial charge in [0.1, 0.15) is 17.4 Å². The Morgan fingerprint density at radius 2 is 1.78 bits per heavy atom. The summed E-state index contributed by atoms with van der Waals surface area (Å²) in [5, 5.41) is 10.5. The molecule has 0 saturated heterocycles. The number of nitrogens with zero attached hydrogens (tertiary/aromatic N) is 1. The maximum Gasteiger partial charge on any atom is 0.416 e. The van der Waals surface area contributed by atoms with Crippen LogP contribution in [0.25, 0.3) is 10.6 Å². The molecule has 1 aromatic heterocycles. The standard InChI is InChI=1S/C28H32F3NO3S/c1-5-6-7-14-27(4,26(33)34)16-21-10-13-23(15-18(21)2)35-17-24-19(3)32-25(36-24)20-8-11-22(12-9-20)28(29,30)31/h8-13,15H,5-7,14,16-17H2,1-4H3,(H,33,34). The fourth-order valence-electron chi connectivity index (χ4n) is 4.05. The highest BCUT2D eigenvalue weighted by Gasteiger charge is 2.33. The number of halogens is 3. The van der Waals surface area contributed by atoms with Crippen molar-refractivity contribution in [2.24, 2.45) is 5.41 Å². The van der Waals surface area contributed by atoms with Crippen molar-refractivity contribution in [3.8, 4) is 16.3 Å². The van der Waals surface area contributed by atoms with E-state index >= 15 is 0 Å². The average Bonchev–Trinajstić information content (AvgIpc) is 3.19. The van der Waals surface area contributed by atoms with Crippen molar-refractivity contribution in [2.75, 3.05) is 0 Å². The van der Waals surface area contributed by atoms with Crippen molar-refractivity contribution < 1.29 is 27.8 Å². The Labute approximate surface area is 214 Å². The predicted octanol–water partition coefficient (Wildman–Crippen LogP) is 8.24. The van der Waals surface area contributed by atoms with Gasteiger partial charge >= 0.3 is 12.1 Å². The molecule has 36 heavy (non-hydrogen) atoms. The van der Waals surface area contributed by atoms with Crippen LogP contribution in [0.3, 0.4) is 0 Å². The molecule has 1 heterocycles. The number of aliphatic carboxylic acids is 1. The lowest BCUT2D eigenvalue weighted by Crippen LogP contribution is -2.30. The highest BCUT2D eigenvalue weighted by Crippen LogP contribution is 2.34. The molecule has 3 rings (SSSR count). The average molecular weight is 520 g/mol. The molecule has 0 radical (unpaired) electrons. The minimum absolute atomic E-state index is 0.285. The fourth-order valence-corrected chi connectivity index (χ4v) is 5.03. The Morgan fingerprint density at radius 1 is 1.08 bits per heavy atom. The topological polar surface area (TPSA) is 59.4 Å². The number of alkyl halides is 3. The Morgan fingerprint density at radius 3 is 2.36 bits per heavy atom. The van der Waals surface area contributed by atoms with Gasteiger partial charge in [0.05, 0.1) is 21.5 Å². The Kier molecular flexibility index (Phi) is 8.82. The van der Waals surface area contributed by atoms with Gasteiger partial charge in [0, 0.05) is 5.56 Å². The van der Waals surface area contributed by atoms with Gasteiger partial charge in [-0.05, 0) is 69.0 Å². The normalized spacial score (nSPS) is 13.4. The van der Waals surface area contributed by atoms with Crippen LogP contribution in [0.1, 0.15) is 66.8 Å². The van der Waals surface area contributed by atoms with Gasteiger partial charge in [-0.1, -0.05) is 44.4 Å². The van der Waals surface area contributed by atoms with Gasteiger partial charge < -0.3 is 9.84 Å². The van der Waals surface area contributed by atoms with Gasteiger partial charge in [0.2, 0.25) is 0 Å². The van der Waals surface area contributed by atoms with Crippen molar-refractivity contribution in [1.29, 1.82) is 0 Å². The zero-order valence-corrected chi connectivity index (χ0v) is 21.9. The highest BCUT2D eigenvalue weighted by atomic mass is 32.1. The number of rotatable bonds is 11. The summed E-state index contributed by atoms with van der Waals surface area (Å²) >= 11 is 1.39. The van der Waals surface area contributed by atoms with Crippen LogP contribution in [-0.2, 0) is 24.0 Å². The van der Waals surface area contributed by atoms with E-state index in [9.17, 15) is 23.1 Å². The first kappa shape index (κ1) is 27.7. The molecule has 3 aromatic rings. The lowest BCUT2D eigenvalue weighted by molar-refractivity contribution is -0.148. The lowest BCUT2D eigenvalue weighted by Gasteiger charge is -2.26. The molecule has 2 aromatic carbocycles.